The van der Waals surface area contributed by atoms with Gasteiger partial charge in [-0.2, -0.15) is 9.78 Å². The van der Waals surface area contributed by atoms with Crippen molar-refractivity contribution >= 4 is 6.08 Å². The maximum atomic E-state index is 6.29. The van der Waals surface area contributed by atoms with Crippen LogP contribution >= 0.6 is 0 Å². The van der Waals surface area contributed by atoms with Gasteiger partial charge in [0.2, 0.25) is 11.7 Å². The van der Waals surface area contributed by atoms with Crippen molar-refractivity contribution in [2.75, 3.05) is 6.61 Å². The van der Waals surface area contributed by atoms with Crippen LogP contribution in [0.15, 0.2) is 78.6 Å². The monoisotopic (exact) mass is 386 g/mol. The maximum absolute atomic E-state index is 6.29. The van der Waals surface area contributed by atoms with Gasteiger partial charge in [0.1, 0.15) is 11.5 Å². The second-order valence-electron chi connectivity index (χ2n) is 7.21. The molecular weight excluding hydrogens is 364 g/mol. The Kier molecular flexibility index (Phi) is 4.45. The summed E-state index contributed by atoms with van der Waals surface area (Å²) in [6.45, 7) is 2.70. The summed E-state index contributed by atoms with van der Waals surface area (Å²) in [6, 6.07) is 19.7. The third-order valence-electron chi connectivity index (χ3n) is 5.12. The number of hydrogen-bond acceptors (Lipinski definition) is 4. The Morgan fingerprint density at radius 1 is 1.07 bits per heavy atom. The van der Waals surface area contributed by atoms with E-state index in [4.69, 9.17) is 19.3 Å². The van der Waals surface area contributed by atoms with E-state index >= 15 is 0 Å². The van der Waals surface area contributed by atoms with E-state index in [1.165, 1.54) is 0 Å². The van der Waals surface area contributed by atoms with Crippen molar-refractivity contribution in [1.29, 1.82) is 0 Å². The summed E-state index contributed by atoms with van der Waals surface area (Å²) in [7, 11) is 0. The Bertz CT molecular complexity index is 1060. The molecule has 1 aromatic heterocycles. The first-order valence-corrected chi connectivity index (χ1v) is 9.84. The van der Waals surface area contributed by atoms with Gasteiger partial charge in [-0.1, -0.05) is 36.4 Å². The Morgan fingerprint density at radius 2 is 1.83 bits per heavy atom. The lowest BCUT2D eigenvalue weighted by Crippen LogP contribution is -2.24. The zero-order valence-electron chi connectivity index (χ0n) is 16.2. The first-order valence-electron chi connectivity index (χ1n) is 9.84. The molecule has 0 N–H and O–H groups in total. The van der Waals surface area contributed by atoms with Crippen molar-refractivity contribution in [1.82, 2.24) is 9.78 Å². The number of rotatable bonds is 4. The van der Waals surface area contributed by atoms with E-state index in [0.717, 1.165) is 47.9 Å². The maximum Gasteiger partial charge on any atom is 0.230 e. The van der Waals surface area contributed by atoms with Crippen molar-refractivity contribution in [2.45, 2.75) is 25.6 Å². The summed E-state index contributed by atoms with van der Waals surface area (Å²) in [5.41, 5.74) is 2.68. The second kappa shape index (κ2) is 7.26. The van der Waals surface area contributed by atoms with Gasteiger partial charge in [-0.25, -0.2) is 0 Å². The summed E-state index contributed by atoms with van der Waals surface area (Å²) < 4.78 is 20.0. The van der Waals surface area contributed by atoms with Crippen LogP contribution in [-0.2, 0) is 9.47 Å². The number of hydrogen-bond donors (Lipinski definition) is 0. The molecule has 1 unspecified atom stereocenters. The van der Waals surface area contributed by atoms with Crippen LogP contribution in [0.25, 0.3) is 11.8 Å². The first-order chi connectivity index (χ1) is 14.2. The van der Waals surface area contributed by atoms with Gasteiger partial charge in [-0.15, -0.1) is 0 Å². The molecule has 1 saturated heterocycles. The van der Waals surface area contributed by atoms with E-state index in [-0.39, 0.29) is 0 Å². The van der Waals surface area contributed by atoms with Crippen LogP contribution in [0, 0.1) is 6.92 Å². The Balaban J connectivity index is 1.57. The highest BCUT2D eigenvalue weighted by Crippen LogP contribution is 2.38. The standard InChI is InChI=1S/C24H22N2O3/c1-18-22(17-21-13-15-24(29-21)14-8-16-27-24)23(28-20-11-6-3-7-12-20)26(25-18)19-9-4-2-5-10-19/h2-7,9-13,15,17H,8,14,16H2,1H3/b21-17-. The highest BCUT2D eigenvalue weighted by atomic mass is 16.7. The molecule has 2 aromatic carbocycles. The highest BCUT2D eigenvalue weighted by molar-refractivity contribution is 5.64. The van der Waals surface area contributed by atoms with Gasteiger partial charge >= 0.3 is 0 Å². The third-order valence-corrected chi connectivity index (χ3v) is 5.12. The van der Waals surface area contributed by atoms with Crippen LogP contribution in [0.5, 0.6) is 11.6 Å². The summed E-state index contributed by atoms with van der Waals surface area (Å²) in [6.07, 6.45) is 7.83. The van der Waals surface area contributed by atoms with Crippen molar-refractivity contribution < 1.29 is 14.2 Å². The van der Waals surface area contributed by atoms with Crippen LogP contribution in [-0.4, -0.2) is 22.2 Å². The average molecular weight is 386 g/mol. The number of aryl methyl sites for hydroxylation is 1. The van der Waals surface area contributed by atoms with Gasteiger partial charge in [0, 0.05) is 6.42 Å². The van der Waals surface area contributed by atoms with Crippen LogP contribution in [0.2, 0.25) is 0 Å². The predicted molar refractivity (Wildman–Crippen MR) is 111 cm³/mol. The van der Waals surface area contributed by atoms with Crippen LogP contribution < -0.4 is 4.74 Å². The minimum atomic E-state index is -0.602. The molecule has 5 rings (SSSR count). The van der Waals surface area contributed by atoms with Crippen molar-refractivity contribution in [2.24, 2.45) is 0 Å². The molecule has 0 bridgehead atoms. The molecule has 5 heteroatoms. The normalized spacial score (nSPS) is 21.8. The molecule has 0 aliphatic carbocycles. The van der Waals surface area contributed by atoms with Crippen molar-refractivity contribution in [3.63, 3.8) is 0 Å². The molecule has 0 saturated carbocycles. The molecule has 0 radical (unpaired) electrons. The fraction of sp³-hybridized carbons (Fsp3) is 0.208. The molecule has 1 spiro atoms. The Morgan fingerprint density at radius 3 is 2.55 bits per heavy atom. The molecule has 2 aliphatic heterocycles. The van der Waals surface area contributed by atoms with Crippen LogP contribution in [0.3, 0.4) is 0 Å². The highest BCUT2D eigenvalue weighted by Gasteiger charge is 2.38. The molecule has 1 fully saturated rings. The minimum Gasteiger partial charge on any atom is -0.459 e. The summed E-state index contributed by atoms with van der Waals surface area (Å²) in [5.74, 6) is 1.55. The summed E-state index contributed by atoms with van der Waals surface area (Å²) >= 11 is 0. The first kappa shape index (κ1) is 17.8. The average Bonchev–Trinajstić information content (AvgIpc) is 3.46. The van der Waals surface area contributed by atoms with Crippen LogP contribution in [0.4, 0.5) is 0 Å². The van der Waals surface area contributed by atoms with E-state index in [1.807, 2.05) is 90.5 Å². The fourth-order valence-corrected chi connectivity index (χ4v) is 3.67. The number of nitrogens with zero attached hydrogens (tertiary/aromatic N) is 2. The minimum absolute atomic E-state index is 0.602. The van der Waals surface area contributed by atoms with E-state index in [2.05, 4.69) is 0 Å². The largest absolute Gasteiger partial charge is 0.459 e. The Hall–Kier alpha value is -3.31. The lowest BCUT2D eigenvalue weighted by atomic mass is 10.2. The summed E-state index contributed by atoms with van der Waals surface area (Å²) in [5, 5.41) is 4.74. The zero-order chi connectivity index (χ0) is 19.7. The van der Waals surface area contributed by atoms with Gasteiger partial charge < -0.3 is 14.2 Å². The molecule has 1 atom stereocenters. The topological polar surface area (TPSA) is 45.5 Å². The van der Waals surface area contributed by atoms with E-state index < -0.39 is 5.79 Å². The summed E-state index contributed by atoms with van der Waals surface area (Å²) in [4.78, 5) is 0. The molecular formula is C24H22N2O3. The van der Waals surface area contributed by atoms with E-state index in [9.17, 15) is 0 Å². The van der Waals surface area contributed by atoms with Gasteiger partial charge in [0.05, 0.1) is 23.6 Å². The van der Waals surface area contributed by atoms with Gasteiger partial charge in [0.15, 0.2) is 0 Å². The Labute approximate surface area is 169 Å². The van der Waals surface area contributed by atoms with Crippen LogP contribution in [0.1, 0.15) is 24.1 Å². The smallest absolute Gasteiger partial charge is 0.230 e. The van der Waals surface area contributed by atoms with E-state index in [0.29, 0.717) is 5.88 Å². The van der Waals surface area contributed by atoms with Crippen molar-refractivity contribution in [3.05, 3.63) is 89.8 Å². The zero-order valence-corrected chi connectivity index (χ0v) is 16.2. The molecule has 5 nitrogen and oxygen atoms in total. The molecule has 0 amide bonds. The van der Waals surface area contributed by atoms with Crippen molar-refractivity contribution in [3.8, 4) is 17.3 Å². The molecule has 146 valence electrons. The SMILES string of the molecule is Cc1nn(-c2ccccc2)c(Oc2ccccc2)c1/C=C1/C=CC2(CCCO2)O1. The second-order valence-corrected chi connectivity index (χ2v) is 7.21. The van der Waals surface area contributed by atoms with E-state index in [1.54, 1.807) is 0 Å². The fourth-order valence-electron chi connectivity index (χ4n) is 3.67. The number of allylic oxidation sites excluding steroid dienone is 1. The molecule has 2 aliphatic rings. The number of aromatic nitrogens is 2. The number of ether oxygens (including phenoxy) is 3. The van der Waals surface area contributed by atoms with Gasteiger partial charge in [0.25, 0.3) is 0 Å². The molecule has 3 heterocycles. The molecule has 29 heavy (non-hydrogen) atoms. The predicted octanol–water partition coefficient (Wildman–Crippen LogP) is 5.41. The number of para-hydroxylation sites is 2. The lowest BCUT2D eigenvalue weighted by Gasteiger charge is -2.20. The lowest BCUT2D eigenvalue weighted by molar-refractivity contribution is -0.135. The quantitative estimate of drug-likeness (QED) is 0.602. The third kappa shape index (κ3) is 3.45. The van der Waals surface area contributed by atoms with Gasteiger partial charge in [-0.05, 0) is 55.8 Å². The van der Waals surface area contributed by atoms with Gasteiger partial charge in [-0.3, -0.25) is 0 Å². The molecule has 3 aromatic rings. The number of benzene rings is 2.